The van der Waals surface area contributed by atoms with Gasteiger partial charge in [-0.25, -0.2) is 12.4 Å². The molecule has 74 valence electrons. The Morgan fingerprint density at radius 3 is 2.64 bits per heavy atom. The number of hydrogen-bond acceptors (Lipinski definition) is 2. The number of benzene rings is 1. The standard InChI is InChI=1S/C9H8ClNO2S/c1-14(12,13)11-5-4-7-2-3-8(10)6-9(7)11/h2-6H,1H3. The minimum Gasteiger partial charge on any atom is -0.245 e. The summed E-state index contributed by atoms with van der Waals surface area (Å²) in [7, 11) is -3.24. The lowest BCUT2D eigenvalue weighted by Crippen LogP contribution is -2.07. The summed E-state index contributed by atoms with van der Waals surface area (Å²) in [5.74, 6) is 0. The van der Waals surface area contributed by atoms with Gasteiger partial charge in [0, 0.05) is 16.6 Å². The number of rotatable bonds is 1. The lowest BCUT2D eigenvalue weighted by atomic mass is 10.2. The van der Waals surface area contributed by atoms with E-state index in [4.69, 9.17) is 11.6 Å². The molecular formula is C9H8ClNO2S. The van der Waals surface area contributed by atoms with E-state index in [0.29, 0.717) is 10.5 Å². The maximum atomic E-state index is 11.3. The molecule has 0 atom stereocenters. The zero-order valence-corrected chi connectivity index (χ0v) is 9.01. The molecule has 0 aliphatic carbocycles. The van der Waals surface area contributed by atoms with Crippen molar-refractivity contribution < 1.29 is 8.42 Å². The topological polar surface area (TPSA) is 39.1 Å². The zero-order valence-electron chi connectivity index (χ0n) is 7.44. The quantitative estimate of drug-likeness (QED) is 0.751. The normalized spacial score (nSPS) is 12.1. The highest BCUT2D eigenvalue weighted by atomic mass is 35.5. The molecule has 0 spiro atoms. The van der Waals surface area contributed by atoms with Crippen LogP contribution in [0.4, 0.5) is 0 Å². The molecule has 0 radical (unpaired) electrons. The molecule has 1 aromatic heterocycles. The van der Waals surface area contributed by atoms with Gasteiger partial charge in [-0.05, 0) is 18.2 Å². The third kappa shape index (κ3) is 1.51. The Balaban J connectivity index is 2.87. The molecule has 5 heteroatoms. The van der Waals surface area contributed by atoms with Gasteiger partial charge in [-0.15, -0.1) is 0 Å². The maximum Gasteiger partial charge on any atom is 0.236 e. The summed E-state index contributed by atoms with van der Waals surface area (Å²) in [5.41, 5.74) is 0.611. The number of fused-ring (bicyclic) bond motifs is 1. The molecule has 0 bridgehead atoms. The molecule has 0 unspecified atom stereocenters. The van der Waals surface area contributed by atoms with Crippen LogP contribution in [0.25, 0.3) is 10.9 Å². The molecule has 1 aromatic carbocycles. The number of nitrogens with zero attached hydrogens (tertiary/aromatic N) is 1. The highest BCUT2D eigenvalue weighted by Crippen LogP contribution is 2.21. The van der Waals surface area contributed by atoms with E-state index in [-0.39, 0.29) is 0 Å². The van der Waals surface area contributed by atoms with Crippen LogP contribution < -0.4 is 0 Å². The van der Waals surface area contributed by atoms with E-state index < -0.39 is 10.0 Å². The second kappa shape index (κ2) is 3.00. The lowest BCUT2D eigenvalue weighted by molar-refractivity contribution is 0.595. The van der Waals surface area contributed by atoms with Crippen LogP contribution in [0.2, 0.25) is 5.02 Å². The van der Waals surface area contributed by atoms with Crippen molar-refractivity contribution in [1.29, 1.82) is 0 Å². The first-order valence-corrected chi connectivity index (χ1v) is 6.18. The Morgan fingerprint density at radius 1 is 1.29 bits per heavy atom. The Labute approximate surface area is 87.0 Å². The second-order valence-corrected chi connectivity index (χ2v) is 5.37. The predicted molar refractivity (Wildman–Crippen MR) is 57.2 cm³/mol. The van der Waals surface area contributed by atoms with Crippen molar-refractivity contribution in [3.05, 3.63) is 35.5 Å². The summed E-state index contributed by atoms with van der Waals surface area (Å²) in [6.45, 7) is 0. The van der Waals surface area contributed by atoms with Crippen molar-refractivity contribution in [2.24, 2.45) is 0 Å². The first kappa shape index (κ1) is 9.55. The molecule has 14 heavy (non-hydrogen) atoms. The Hall–Kier alpha value is -1.00. The van der Waals surface area contributed by atoms with Gasteiger partial charge >= 0.3 is 0 Å². The van der Waals surface area contributed by atoms with Gasteiger partial charge in [-0.1, -0.05) is 17.7 Å². The number of aromatic nitrogens is 1. The van der Waals surface area contributed by atoms with Crippen LogP contribution >= 0.6 is 11.6 Å². The fourth-order valence-electron chi connectivity index (χ4n) is 1.37. The van der Waals surface area contributed by atoms with Crippen LogP contribution in [-0.4, -0.2) is 18.6 Å². The van der Waals surface area contributed by atoms with Crippen LogP contribution in [0.1, 0.15) is 0 Å². The second-order valence-electron chi connectivity index (χ2n) is 3.08. The van der Waals surface area contributed by atoms with Gasteiger partial charge in [-0.3, -0.25) is 0 Å². The fraction of sp³-hybridized carbons (Fsp3) is 0.111. The summed E-state index contributed by atoms with van der Waals surface area (Å²) >= 11 is 5.79. The van der Waals surface area contributed by atoms with Crippen LogP contribution in [-0.2, 0) is 10.0 Å². The van der Waals surface area contributed by atoms with E-state index in [1.165, 1.54) is 10.2 Å². The van der Waals surface area contributed by atoms with Crippen molar-refractivity contribution >= 4 is 32.5 Å². The summed E-state index contributed by atoms with van der Waals surface area (Å²) in [6, 6.07) is 6.90. The van der Waals surface area contributed by atoms with Crippen LogP contribution in [0, 0.1) is 0 Å². The third-order valence-corrected chi connectivity index (χ3v) is 3.24. The zero-order chi connectivity index (χ0) is 10.3. The van der Waals surface area contributed by atoms with Crippen molar-refractivity contribution in [2.45, 2.75) is 0 Å². The van der Waals surface area contributed by atoms with E-state index in [1.807, 2.05) is 0 Å². The smallest absolute Gasteiger partial charge is 0.236 e. The Morgan fingerprint density at radius 2 is 2.00 bits per heavy atom. The average Bonchev–Trinajstić information content (AvgIpc) is 2.45. The molecule has 0 aliphatic rings. The molecular weight excluding hydrogens is 222 g/mol. The third-order valence-electron chi connectivity index (χ3n) is 1.98. The molecule has 0 N–H and O–H groups in total. The molecule has 0 saturated heterocycles. The number of hydrogen-bond donors (Lipinski definition) is 0. The highest BCUT2D eigenvalue weighted by Gasteiger charge is 2.09. The van der Waals surface area contributed by atoms with Gasteiger partial charge in [0.25, 0.3) is 0 Å². The van der Waals surface area contributed by atoms with Gasteiger partial charge in [0.1, 0.15) is 0 Å². The van der Waals surface area contributed by atoms with E-state index in [0.717, 1.165) is 11.6 Å². The fourth-order valence-corrected chi connectivity index (χ4v) is 2.33. The lowest BCUT2D eigenvalue weighted by Gasteiger charge is -2.01. The SMILES string of the molecule is CS(=O)(=O)n1ccc2ccc(Cl)cc21. The molecule has 0 saturated carbocycles. The van der Waals surface area contributed by atoms with Crippen molar-refractivity contribution in [1.82, 2.24) is 3.97 Å². The molecule has 2 rings (SSSR count). The summed E-state index contributed by atoms with van der Waals surface area (Å²) in [5, 5.41) is 1.39. The highest BCUT2D eigenvalue weighted by molar-refractivity contribution is 7.89. The largest absolute Gasteiger partial charge is 0.245 e. The number of halogens is 1. The van der Waals surface area contributed by atoms with Crippen LogP contribution in [0.15, 0.2) is 30.5 Å². The summed E-state index contributed by atoms with van der Waals surface area (Å²) < 4.78 is 23.9. The molecule has 3 nitrogen and oxygen atoms in total. The van der Waals surface area contributed by atoms with Gasteiger partial charge < -0.3 is 0 Å². The van der Waals surface area contributed by atoms with E-state index in [9.17, 15) is 8.42 Å². The van der Waals surface area contributed by atoms with E-state index in [1.54, 1.807) is 24.3 Å². The first-order valence-electron chi connectivity index (χ1n) is 3.95. The predicted octanol–water partition coefficient (Wildman–Crippen LogP) is 2.10. The molecule has 0 amide bonds. The van der Waals surface area contributed by atoms with E-state index in [2.05, 4.69) is 0 Å². The van der Waals surface area contributed by atoms with Crippen molar-refractivity contribution in [2.75, 3.05) is 6.26 Å². The molecule has 2 aromatic rings. The maximum absolute atomic E-state index is 11.3. The molecule has 0 fully saturated rings. The minimum absolute atomic E-state index is 0.529. The van der Waals surface area contributed by atoms with Gasteiger partial charge in [0.2, 0.25) is 10.0 Å². The Kier molecular flexibility index (Phi) is 2.05. The first-order chi connectivity index (χ1) is 6.48. The summed E-state index contributed by atoms with van der Waals surface area (Å²) in [4.78, 5) is 0. The molecule has 1 heterocycles. The minimum atomic E-state index is -3.24. The van der Waals surface area contributed by atoms with E-state index >= 15 is 0 Å². The Bertz CT molecular complexity index is 586. The van der Waals surface area contributed by atoms with Crippen LogP contribution in [0.5, 0.6) is 0 Å². The van der Waals surface area contributed by atoms with Crippen molar-refractivity contribution in [3.63, 3.8) is 0 Å². The van der Waals surface area contributed by atoms with Gasteiger partial charge in [-0.2, -0.15) is 0 Å². The van der Waals surface area contributed by atoms with Crippen molar-refractivity contribution in [3.8, 4) is 0 Å². The van der Waals surface area contributed by atoms with Gasteiger partial charge in [0.05, 0.1) is 11.8 Å². The monoisotopic (exact) mass is 229 g/mol. The summed E-state index contributed by atoms with van der Waals surface area (Å²) in [6.07, 6.45) is 2.68. The average molecular weight is 230 g/mol. The van der Waals surface area contributed by atoms with Gasteiger partial charge in [0.15, 0.2) is 0 Å². The van der Waals surface area contributed by atoms with Crippen LogP contribution in [0.3, 0.4) is 0 Å². The molecule has 0 aliphatic heterocycles.